The molecular weight excluding hydrogens is 336 g/mol. The third-order valence-electron chi connectivity index (χ3n) is 4.23. The molecule has 0 saturated carbocycles. The predicted octanol–water partition coefficient (Wildman–Crippen LogP) is 2.53. The quantitative estimate of drug-likeness (QED) is 0.744. The van der Waals surface area contributed by atoms with E-state index in [2.05, 4.69) is 4.98 Å². The smallest absolute Gasteiger partial charge is 0.308 e. The average molecular weight is 364 g/mol. The highest BCUT2D eigenvalue weighted by molar-refractivity contribution is 5.71. The van der Waals surface area contributed by atoms with E-state index in [9.17, 15) is 14.7 Å². The molecule has 1 aliphatic rings. The fourth-order valence-corrected chi connectivity index (χ4v) is 2.77. The summed E-state index contributed by atoms with van der Waals surface area (Å²) in [7, 11) is 0. The molecule has 2 rings (SSSR count). The van der Waals surface area contributed by atoms with Crippen molar-refractivity contribution < 1.29 is 24.2 Å². The van der Waals surface area contributed by atoms with Crippen molar-refractivity contribution in [2.75, 3.05) is 24.6 Å². The number of carboxylic acid groups (broad SMARTS) is 1. The van der Waals surface area contributed by atoms with Crippen LogP contribution in [0.15, 0.2) is 18.5 Å². The van der Waals surface area contributed by atoms with Gasteiger partial charge in [-0.05, 0) is 40.5 Å². The number of aliphatic carboxylic acids is 1. The molecule has 0 aromatic carbocycles. The number of carbonyl (C=O) groups is 2. The Morgan fingerprint density at radius 2 is 2.12 bits per heavy atom. The van der Waals surface area contributed by atoms with Crippen molar-refractivity contribution in [3.8, 4) is 5.75 Å². The minimum atomic E-state index is -1.13. The summed E-state index contributed by atoms with van der Waals surface area (Å²) in [5.74, 6) is -0.705. The molecule has 1 aliphatic heterocycles. The number of nitrogens with zero attached hydrogens (tertiary/aromatic N) is 2. The summed E-state index contributed by atoms with van der Waals surface area (Å²) in [6, 6.07) is 1.79. The van der Waals surface area contributed by atoms with Crippen LogP contribution in [-0.4, -0.2) is 53.2 Å². The van der Waals surface area contributed by atoms with Crippen molar-refractivity contribution in [1.82, 2.24) is 4.98 Å². The summed E-state index contributed by atoms with van der Waals surface area (Å²) in [6.07, 6.45) is 5.45. The fourth-order valence-electron chi connectivity index (χ4n) is 2.77. The topological polar surface area (TPSA) is 89.0 Å². The van der Waals surface area contributed by atoms with Gasteiger partial charge in [0.15, 0.2) is 11.9 Å². The van der Waals surface area contributed by atoms with Gasteiger partial charge in [-0.2, -0.15) is 0 Å². The first kappa shape index (κ1) is 20.2. The molecule has 1 aromatic heterocycles. The molecular formula is C19H28N2O5. The number of hydrogen-bond donors (Lipinski definition) is 1. The van der Waals surface area contributed by atoms with Gasteiger partial charge in [0, 0.05) is 19.2 Å². The van der Waals surface area contributed by atoms with E-state index < -0.39 is 11.6 Å². The number of pyridine rings is 1. The van der Waals surface area contributed by atoms with Crippen LogP contribution >= 0.6 is 0 Å². The Morgan fingerprint density at radius 3 is 2.73 bits per heavy atom. The molecule has 1 fully saturated rings. The predicted molar refractivity (Wildman–Crippen MR) is 97.6 cm³/mol. The van der Waals surface area contributed by atoms with Gasteiger partial charge in [-0.3, -0.25) is 14.6 Å². The normalized spacial score (nSPS) is 20.3. The fraction of sp³-hybridized carbons (Fsp3) is 0.632. The van der Waals surface area contributed by atoms with Gasteiger partial charge in [-0.25, -0.2) is 0 Å². The van der Waals surface area contributed by atoms with Gasteiger partial charge in [-0.15, -0.1) is 0 Å². The number of aromatic nitrogens is 1. The van der Waals surface area contributed by atoms with Gasteiger partial charge in [0.05, 0.1) is 36.2 Å². The first-order valence-electron chi connectivity index (χ1n) is 8.84. The minimum absolute atomic E-state index is 0.120. The Bertz CT molecular complexity index is 643. The van der Waals surface area contributed by atoms with Crippen molar-refractivity contribution in [2.24, 2.45) is 5.92 Å². The Labute approximate surface area is 154 Å². The summed E-state index contributed by atoms with van der Waals surface area (Å²) in [5.41, 5.74) is -0.717. The number of carbonyl (C=O) groups excluding carboxylic acids is 1. The highest BCUT2D eigenvalue weighted by atomic mass is 16.6. The third kappa shape index (κ3) is 5.69. The van der Waals surface area contributed by atoms with Gasteiger partial charge in [-0.1, -0.05) is 0 Å². The van der Waals surface area contributed by atoms with Crippen molar-refractivity contribution in [2.45, 2.75) is 51.7 Å². The average Bonchev–Trinajstić information content (AvgIpc) is 2.60. The van der Waals surface area contributed by atoms with E-state index >= 15 is 0 Å². The van der Waals surface area contributed by atoms with Gasteiger partial charge in [0.1, 0.15) is 5.75 Å². The molecule has 7 nitrogen and oxygen atoms in total. The second kappa shape index (κ2) is 8.03. The van der Waals surface area contributed by atoms with E-state index in [-0.39, 0.29) is 18.1 Å². The summed E-state index contributed by atoms with van der Waals surface area (Å²) in [5, 5.41) is 9.25. The van der Waals surface area contributed by atoms with Crippen molar-refractivity contribution in [3.63, 3.8) is 0 Å². The maximum atomic E-state index is 11.6. The summed E-state index contributed by atoms with van der Waals surface area (Å²) >= 11 is 0. The molecule has 0 amide bonds. The van der Waals surface area contributed by atoms with Crippen LogP contribution in [0.5, 0.6) is 5.75 Å². The highest BCUT2D eigenvalue weighted by Crippen LogP contribution is 2.27. The van der Waals surface area contributed by atoms with Crippen LogP contribution < -0.4 is 9.64 Å². The van der Waals surface area contributed by atoms with Crippen LogP contribution in [0.25, 0.3) is 0 Å². The number of anilines is 1. The maximum absolute atomic E-state index is 11.6. The van der Waals surface area contributed by atoms with E-state index in [0.717, 1.165) is 24.9 Å². The SMILES string of the molecule is CC(C)(C)OCC(C)(C=O)Oc1cncc(N2CCC[C@@H](C(=O)O)C2)c1. The molecule has 1 saturated heterocycles. The molecule has 1 N–H and O–H groups in total. The zero-order valence-electron chi connectivity index (χ0n) is 15.9. The standard InChI is InChI=1S/C19H28N2O5/c1-18(2,3)25-13-19(4,12-22)26-16-8-15(9-20-10-16)21-7-5-6-14(11-21)17(23)24/h8-10,12,14H,5-7,11,13H2,1-4H3,(H,23,24)/t14-,19?/m1/s1. The zero-order chi connectivity index (χ0) is 19.4. The number of carboxylic acids is 1. The Hall–Kier alpha value is -2.15. The molecule has 144 valence electrons. The van der Waals surface area contributed by atoms with Crippen LogP contribution in [0.2, 0.25) is 0 Å². The number of aldehydes is 1. The first-order valence-corrected chi connectivity index (χ1v) is 8.84. The lowest BCUT2D eigenvalue weighted by Crippen LogP contribution is -2.42. The Morgan fingerprint density at radius 1 is 1.38 bits per heavy atom. The van der Waals surface area contributed by atoms with Gasteiger partial charge in [0.2, 0.25) is 0 Å². The molecule has 7 heteroatoms. The van der Waals surface area contributed by atoms with Crippen LogP contribution in [0.4, 0.5) is 5.69 Å². The summed E-state index contributed by atoms with van der Waals surface area (Å²) < 4.78 is 11.5. The molecule has 26 heavy (non-hydrogen) atoms. The Kier molecular flexibility index (Phi) is 6.23. The number of piperidine rings is 1. The van der Waals surface area contributed by atoms with E-state index in [0.29, 0.717) is 18.7 Å². The molecule has 1 unspecified atom stereocenters. The minimum Gasteiger partial charge on any atom is -0.481 e. The lowest BCUT2D eigenvalue weighted by atomic mass is 9.98. The second-order valence-corrected chi connectivity index (χ2v) is 7.94. The van der Waals surface area contributed by atoms with Crippen molar-refractivity contribution >= 4 is 17.9 Å². The van der Waals surface area contributed by atoms with Gasteiger partial charge >= 0.3 is 5.97 Å². The van der Waals surface area contributed by atoms with E-state index in [1.807, 2.05) is 25.7 Å². The summed E-state index contributed by atoms with van der Waals surface area (Å²) in [4.78, 5) is 29.0. The largest absolute Gasteiger partial charge is 0.481 e. The molecule has 1 aromatic rings. The molecule has 0 aliphatic carbocycles. The number of ether oxygens (including phenoxy) is 2. The first-order chi connectivity index (χ1) is 12.1. The van der Waals surface area contributed by atoms with Crippen LogP contribution in [0, 0.1) is 5.92 Å². The number of rotatable bonds is 7. The third-order valence-corrected chi connectivity index (χ3v) is 4.23. The van der Waals surface area contributed by atoms with Crippen LogP contribution in [0.1, 0.15) is 40.5 Å². The van der Waals surface area contributed by atoms with Crippen LogP contribution in [-0.2, 0) is 14.3 Å². The zero-order valence-corrected chi connectivity index (χ0v) is 15.9. The van der Waals surface area contributed by atoms with Crippen molar-refractivity contribution in [3.05, 3.63) is 18.5 Å². The molecule has 0 radical (unpaired) electrons. The highest BCUT2D eigenvalue weighted by Gasteiger charge is 2.30. The maximum Gasteiger partial charge on any atom is 0.308 e. The Balaban J connectivity index is 2.10. The molecule has 2 atom stereocenters. The molecule has 2 heterocycles. The molecule has 0 spiro atoms. The van der Waals surface area contributed by atoms with E-state index in [4.69, 9.17) is 9.47 Å². The lowest BCUT2D eigenvalue weighted by Gasteiger charge is -2.33. The van der Waals surface area contributed by atoms with Crippen molar-refractivity contribution in [1.29, 1.82) is 0 Å². The van der Waals surface area contributed by atoms with E-state index in [1.165, 1.54) is 0 Å². The summed E-state index contributed by atoms with van der Waals surface area (Å²) in [6.45, 7) is 8.74. The van der Waals surface area contributed by atoms with Crippen LogP contribution in [0.3, 0.4) is 0 Å². The molecule has 0 bridgehead atoms. The second-order valence-electron chi connectivity index (χ2n) is 7.94. The van der Waals surface area contributed by atoms with Gasteiger partial charge < -0.3 is 19.5 Å². The lowest BCUT2D eigenvalue weighted by molar-refractivity contribution is -0.142. The number of hydrogen-bond acceptors (Lipinski definition) is 6. The monoisotopic (exact) mass is 364 g/mol. The van der Waals surface area contributed by atoms with E-state index in [1.54, 1.807) is 25.4 Å². The van der Waals surface area contributed by atoms with Gasteiger partial charge in [0.25, 0.3) is 0 Å².